The highest BCUT2D eigenvalue weighted by Gasteiger charge is 2.08. The van der Waals surface area contributed by atoms with E-state index in [1.807, 2.05) is 13.8 Å². The lowest BCUT2D eigenvalue weighted by Gasteiger charge is -1.98. The number of amides is 1. The van der Waals surface area contributed by atoms with Crippen molar-refractivity contribution in [3.05, 3.63) is 28.3 Å². The Morgan fingerprint density at radius 2 is 2.14 bits per heavy atom. The highest BCUT2D eigenvalue weighted by Crippen LogP contribution is 2.25. The van der Waals surface area contributed by atoms with Gasteiger partial charge in [0.1, 0.15) is 0 Å². The number of hydrogen-bond acceptors (Lipinski definition) is 3. The highest BCUT2D eigenvalue weighted by molar-refractivity contribution is 7.18. The van der Waals surface area contributed by atoms with E-state index in [2.05, 4.69) is 4.98 Å². The summed E-state index contributed by atoms with van der Waals surface area (Å²) in [6, 6.07) is 3.58. The molecule has 2 rings (SSSR count). The standard InChI is InChI=1S/C10H10N2OS/c1-5-3-7(10(11)13)4-8-9(5)12-6(2)14-8/h3-4H,1-2H3,(H2,11,13). The second kappa shape index (κ2) is 3.06. The first kappa shape index (κ1) is 9.15. The lowest BCUT2D eigenvalue weighted by atomic mass is 10.1. The predicted octanol–water partition coefficient (Wildman–Crippen LogP) is 2.01. The molecule has 72 valence electrons. The van der Waals surface area contributed by atoms with Crippen molar-refractivity contribution < 1.29 is 4.79 Å². The van der Waals surface area contributed by atoms with Crippen LogP contribution in [0.5, 0.6) is 0 Å². The van der Waals surface area contributed by atoms with E-state index < -0.39 is 0 Å². The molecule has 0 aliphatic heterocycles. The summed E-state index contributed by atoms with van der Waals surface area (Å²) in [6.07, 6.45) is 0. The van der Waals surface area contributed by atoms with E-state index in [1.54, 1.807) is 23.5 Å². The molecule has 0 unspecified atom stereocenters. The molecule has 0 saturated heterocycles. The second-order valence-electron chi connectivity index (χ2n) is 3.24. The van der Waals surface area contributed by atoms with Gasteiger partial charge in [-0.05, 0) is 31.5 Å². The summed E-state index contributed by atoms with van der Waals surface area (Å²) in [4.78, 5) is 15.4. The molecule has 3 nitrogen and oxygen atoms in total. The number of hydrogen-bond donors (Lipinski definition) is 1. The van der Waals surface area contributed by atoms with E-state index in [0.29, 0.717) is 5.56 Å². The van der Waals surface area contributed by atoms with Crippen LogP contribution in [0.3, 0.4) is 0 Å². The van der Waals surface area contributed by atoms with Crippen molar-refractivity contribution in [2.75, 3.05) is 0 Å². The van der Waals surface area contributed by atoms with E-state index in [0.717, 1.165) is 20.8 Å². The molecule has 2 N–H and O–H groups in total. The number of carbonyl (C=O) groups excluding carboxylic acids is 1. The molecular weight excluding hydrogens is 196 g/mol. The summed E-state index contributed by atoms with van der Waals surface area (Å²) >= 11 is 1.58. The van der Waals surface area contributed by atoms with Crippen molar-refractivity contribution in [1.29, 1.82) is 0 Å². The van der Waals surface area contributed by atoms with Gasteiger partial charge in [0.2, 0.25) is 5.91 Å². The van der Waals surface area contributed by atoms with Gasteiger partial charge in [-0.25, -0.2) is 4.98 Å². The van der Waals surface area contributed by atoms with Gasteiger partial charge in [0.05, 0.1) is 15.2 Å². The molecule has 1 amide bonds. The van der Waals surface area contributed by atoms with Crippen LogP contribution in [0, 0.1) is 13.8 Å². The van der Waals surface area contributed by atoms with E-state index in [9.17, 15) is 4.79 Å². The Labute approximate surface area is 85.6 Å². The molecule has 0 spiro atoms. The van der Waals surface area contributed by atoms with Crippen LogP contribution in [0.2, 0.25) is 0 Å². The minimum Gasteiger partial charge on any atom is -0.366 e. The minimum atomic E-state index is -0.388. The van der Waals surface area contributed by atoms with Gasteiger partial charge in [0, 0.05) is 5.56 Å². The van der Waals surface area contributed by atoms with E-state index in [4.69, 9.17) is 5.73 Å². The average molecular weight is 206 g/mol. The first-order valence-electron chi connectivity index (χ1n) is 4.25. The number of nitrogens with two attached hydrogens (primary N) is 1. The monoisotopic (exact) mass is 206 g/mol. The van der Waals surface area contributed by atoms with Crippen molar-refractivity contribution in [1.82, 2.24) is 4.98 Å². The number of benzene rings is 1. The van der Waals surface area contributed by atoms with Crippen LogP contribution in [0.15, 0.2) is 12.1 Å². The SMILES string of the molecule is Cc1nc2c(C)cc(C(N)=O)cc2s1. The quantitative estimate of drug-likeness (QED) is 0.776. The predicted molar refractivity (Wildman–Crippen MR) is 57.6 cm³/mol. The van der Waals surface area contributed by atoms with Crippen molar-refractivity contribution in [2.45, 2.75) is 13.8 Å². The fraction of sp³-hybridized carbons (Fsp3) is 0.200. The summed E-state index contributed by atoms with van der Waals surface area (Å²) in [5.74, 6) is -0.388. The van der Waals surface area contributed by atoms with Gasteiger partial charge >= 0.3 is 0 Å². The van der Waals surface area contributed by atoms with Crippen molar-refractivity contribution >= 4 is 27.5 Å². The smallest absolute Gasteiger partial charge is 0.248 e. The van der Waals surface area contributed by atoms with Crippen molar-refractivity contribution in [3.8, 4) is 0 Å². The third-order valence-corrected chi connectivity index (χ3v) is 2.99. The Hall–Kier alpha value is -1.42. The molecule has 1 aromatic carbocycles. The third-order valence-electron chi connectivity index (χ3n) is 2.08. The Morgan fingerprint density at radius 3 is 2.79 bits per heavy atom. The lowest BCUT2D eigenvalue weighted by molar-refractivity contribution is 0.100. The number of thiazole rings is 1. The van der Waals surface area contributed by atoms with Gasteiger partial charge in [-0.2, -0.15) is 0 Å². The number of carbonyl (C=O) groups is 1. The largest absolute Gasteiger partial charge is 0.366 e. The van der Waals surface area contributed by atoms with E-state index in [1.165, 1.54) is 0 Å². The minimum absolute atomic E-state index is 0.388. The number of nitrogens with zero attached hydrogens (tertiary/aromatic N) is 1. The second-order valence-corrected chi connectivity index (χ2v) is 4.47. The topological polar surface area (TPSA) is 56.0 Å². The van der Waals surface area contributed by atoms with Crippen LogP contribution < -0.4 is 5.73 Å². The Morgan fingerprint density at radius 1 is 1.43 bits per heavy atom. The highest BCUT2D eigenvalue weighted by atomic mass is 32.1. The van der Waals surface area contributed by atoms with Crippen LogP contribution in [0.1, 0.15) is 20.9 Å². The fourth-order valence-electron chi connectivity index (χ4n) is 1.45. The molecule has 4 heteroatoms. The molecular formula is C10H10N2OS. The molecule has 0 atom stereocenters. The summed E-state index contributed by atoms with van der Waals surface area (Å²) in [7, 11) is 0. The molecule has 0 bridgehead atoms. The molecule has 1 aromatic heterocycles. The maximum absolute atomic E-state index is 11.0. The lowest BCUT2D eigenvalue weighted by Crippen LogP contribution is -2.10. The zero-order valence-electron chi connectivity index (χ0n) is 8.00. The summed E-state index contributed by atoms with van der Waals surface area (Å²) < 4.78 is 1.02. The number of aromatic nitrogens is 1. The number of primary amides is 1. The fourth-order valence-corrected chi connectivity index (χ4v) is 2.39. The molecule has 2 aromatic rings. The summed E-state index contributed by atoms with van der Waals surface area (Å²) in [5, 5.41) is 1.00. The van der Waals surface area contributed by atoms with Crippen molar-refractivity contribution in [2.24, 2.45) is 5.73 Å². The maximum Gasteiger partial charge on any atom is 0.248 e. The Balaban J connectivity index is 2.77. The number of aryl methyl sites for hydroxylation is 2. The molecule has 0 saturated carbocycles. The van der Waals surface area contributed by atoms with Crippen LogP contribution in [0.4, 0.5) is 0 Å². The first-order valence-corrected chi connectivity index (χ1v) is 5.07. The average Bonchev–Trinajstić information content (AvgIpc) is 2.45. The van der Waals surface area contributed by atoms with Gasteiger partial charge < -0.3 is 5.73 Å². The van der Waals surface area contributed by atoms with Crippen LogP contribution in [-0.4, -0.2) is 10.9 Å². The van der Waals surface area contributed by atoms with Crippen LogP contribution in [-0.2, 0) is 0 Å². The molecule has 14 heavy (non-hydrogen) atoms. The molecule has 0 aliphatic rings. The molecule has 0 radical (unpaired) electrons. The molecule has 0 aliphatic carbocycles. The van der Waals surface area contributed by atoms with Gasteiger partial charge in [-0.1, -0.05) is 0 Å². The van der Waals surface area contributed by atoms with Crippen LogP contribution in [0.25, 0.3) is 10.2 Å². The van der Waals surface area contributed by atoms with Gasteiger partial charge in [0.15, 0.2) is 0 Å². The number of rotatable bonds is 1. The number of fused-ring (bicyclic) bond motifs is 1. The van der Waals surface area contributed by atoms with Gasteiger partial charge in [-0.3, -0.25) is 4.79 Å². The summed E-state index contributed by atoms with van der Waals surface area (Å²) in [5.41, 5.74) is 7.75. The molecule has 0 fully saturated rings. The molecule has 1 heterocycles. The third kappa shape index (κ3) is 1.37. The maximum atomic E-state index is 11.0. The first-order chi connectivity index (χ1) is 6.58. The Kier molecular flexibility index (Phi) is 2.00. The van der Waals surface area contributed by atoms with Crippen molar-refractivity contribution in [3.63, 3.8) is 0 Å². The summed E-state index contributed by atoms with van der Waals surface area (Å²) in [6.45, 7) is 3.89. The Bertz CT molecular complexity index is 516. The normalized spacial score (nSPS) is 10.7. The van der Waals surface area contributed by atoms with E-state index in [-0.39, 0.29) is 5.91 Å². The zero-order valence-corrected chi connectivity index (χ0v) is 8.81. The van der Waals surface area contributed by atoms with Gasteiger partial charge in [0.25, 0.3) is 0 Å². The van der Waals surface area contributed by atoms with Gasteiger partial charge in [-0.15, -0.1) is 11.3 Å². The van der Waals surface area contributed by atoms with E-state index >= 15 is 0 Å². The zero-order chi connectivity index (χ0) is 10.3. The van der Waals surface area contributed by atoms with Crippen LogP contribution >= 0.6 is 11.3 Å².